The smallest absolute Gasteiger partial charge is 0.288 e. The Bertz CT molecular complexity index is 307. The standard InChI is InChI=1S/C6H14ClN3O3S/c1-5(2)6-10(11)8(3)9(4-7)14(6,12)13/h5-6,10H,4H2,1-3H3. The van der Waals surface area contributed by atoms with Crippen molar-refractivity contribution in [3.63, 3.8) is 0 Å². The Kier molecular flexibility index (Phi) is 3.40. The Morgan fingerprint density at radius 1 is 1.57 bits per heavy atom. The highest BCUT2D eigenvalue weighted by molar-refractivity contribution is 7.89. The molecule has 0 aromatic carbocycles. The van der Waals surface area contributed by atoms with Gasteiger partial charge in [-0.2, -0.15) is 0 Å². The average Bonchev–Trinajstić information content (AvgIpc) is 2.18. The van der Waals surface area contributed by atoms with E-state index < -0.39 is 20.6 Å². The van der Waals surface area contributed by atoms with Crippen LogP contribution in [-0.4, -0.2) is 36.4 Å². The Morgan fingerprint density at radius 3 is 2.29 bits per heavy atom. The molecule has 2 unspecified atom stereocenters. The average molecular weight is 244 g/mol. The summed E-state index contributed by atoms with van der Waals surface area (Å²) in [6, 6.07) is -0.228. The number of hydrazine groups is 1. The van der Waals surface area contributed by atoms with Crippen LogP contribution in [-0.2, 0) is 10.0 Å². The second kappa shape index (κ2) is 3.92. The van der Waals surface area contributed by atoms with Gasteiger partial charge < -0.3 is 5.21 Å². The van der Waals surface area contributed by atoms with Gasteiger partial charge in [-0.1, -0.05) is 23.4 Å². The number of hydrogen-bond acceptors (Lipinski definition) is 4. The van der Waals surface area contributed by atoms with Crippen LogP contribution in [0.2, 0.25) is 0 Å². The molecule has 0 saturated carbocycles. The first-order valence-corrected chi connectivity index (χ1v) is 6.22. The minimum Gasteiger partial charge on any atom is -0.611 e. The number of nitrogens with one attached hydrogen (secondary N) is 1. The zero-order chi connectivity index (χ0) is 11.1. The van der Waals surface area contributed by atoms with E-state index in [0.29, 0.717) is 0 Å². The normalized spacial score (nSPS) is 34.1. The zero-order valence-corrected chi connectivity index (χ0v) is 9.84. The SMILES string of the molecule is CC(C)C1[NH+]([O-])N(C)N(CCl)S1(=O)=O. The summed E-state index contributed by atoms with van der Waals surface area (Å²) in [5.41, 5.74) is 0. The summed E-state index contributed by atoms with van der Waals surface area (Å²) in [7, 11) is -2.19. The third-order valence-corrected chi connectivity index (χ3v) is 4.94. The van der Waals surface area contributed by atoms with Gasteiger partial charge in [0.2, 0.25) is 5.37 Å². The molecule has 0 aromatic rings. The minimum atomic E-state index is -3.60. The van der Waals surface area contributed by atoms with Gasteiger partial charge >= 0.3 is 0 Å². The molecule has 8 heteroatoms. The second-order valence-corrected chi connectivity index (χ2v) is 5.71. The first-order valence-electron chi connectivity index (χ1n) is 4.19. The first kappa shape index (κ1) is 12.2. The molecule has 0 aromatic heterocycles. The monoisotopic (exact) mass is 243 g/mol. The first-order chi connectivity index (χ1) is 6.34. The maximum absolute atomic E-state index is 11.8. The van der Waals surface area contributed by atoms with E-state index in [-0.39, 0.29) is 11.9 Å². The van der Waals surface area contributed by atoms with Crippen LogP contribution >= 0.6 is 11.6 Å². The third kappa shape index (κ3) is 1.64. The summed E-state index contributed by atoms with van der Waals surface area (Å²) in [6.07, 6.45) is 0. The lowest BCUT2D eigenvalue weighted by molar-refractivity contribution is -0.989. The minimum absolute atomic E-state index is 0.228. The van der Waals surface area contributed by atoms with Crippen LogP contribution in [0.1, 0.15) is 13.8 Å². The summed E-state index contributed by atoms with van der Waals surface area (Å²) in [4.78, 5) is 0. The van der Waals surface area contributed by atoms with Gasteiger partial charge in [0.1, 0.15) is 6.00 Å². The van der Waals surface area contributed by atoms with Crippen molar-refractivity contribution in [1.82, 2.24) is 9.53 Å². The number of sulfonamides is 1. The van der Waals surface area contributed by atoms with E-state index in [1.165, 1.54) is 7.05 Å². The fourth-order valence-electron chi connectivity index (χ4n) is 1.50. The Labute approximate surface area is 88.6 Å². The molecule has 1 fully saturated rings. The highest BCUT2D eigenvalue weighted by Gasteiger charge is 2.51. The van der Waals surface area contributed by atoms with Crippen molar-refractivity contribution in [3.8, 4) is 0 Å². The van der Waals surface area contributed by atoms with Gasteiger partial charge in [0, 0.05) is 5.92 Å². The summed E-state index contributed by atoms with van der Waals surface area (Å²) < 4.78 is 24.4. The van der Waals surface area contributed by atoms with Gasteiger partial charge in [-0.15, -0.1) is 11.6 Å². The largest absolute Gasteiger partial charge is 0.611 e. The van der Waals surface area contributed by atoms with Crippen LogP contribution in [0.25, 0.3) is 0 Å². The molecule has 0 aliphatic carbocycles. The van der Waals surface area contributed by atoms with Crippen molar-refractivity contribution in [2.75, 3.05) is 13.1 Å². The fourth-order valence-corrected chi connectivity index (χ4v) is 3.98. The molecule has 1 aliphatic heterocycles. The molecule has 6 nitrogen and oxygen atoms in total. The molecule has 0 bridgehead atoms. The summed E-state index contributed by atoms with van der Waals surface area (Å²) in [5, 5.41) is 11.2. The maximum Gasteiger partial charge on any atom is 0.288 e. The summed E-state index contributed by atoms with van der Waals surface area (Å²) >= 11 is 5.48. The lowest BCUT2D eigenvalue weighted by Crippen LogP contribution is -3.15. The molecule has 0 spiro atoms. The predicted octanol–water partition coefficient (Wildman–Crippen LogP) is -1.05. The molecule has 1 rings (SSSR count). The van der Waals surface area contributed by atoms with Gasteiger partial charge in [0.05, 0.1) is 7.05 Å². The van der Waals surface area contributed by atoms with Gasteiger partial charge in [-0.3, -0.25) is 5.17 Å². The number of nitrogens with zero attached hydrogens (tertiary/aromatic N) is 2. The van der Waals surface area contributed by atoms with Crippen LogP contribution in [0.15, 0.2) is 0 Å². The Balaban J connectivity index is 3.11. The van der Waals surface area contributed by atoms with Crippen molar-refractivity contribution >= 4 is 21.6 Å². The van der Waals surface area contributed by atoms with E-state index >= 15 is 0 Å². The van der Waals surface area contributed by atoms with Crippen LogP contribution in [0, 0.1) is 11.1 Å². The Morgan fingerprint density at radius 2 is 2.07 bits per heavy atom. The van der Waals surface area contributed by atoms with Crippen LogP contribution < -0.4 is 5.17 Å². The summed E-state index contributed by atoms with van der Waals surface area (Å²) in [6.45, 7) is 3.40. The van der Waals surface area contributed by atoms with E-state index in [4.69, 9.17) is 11.6 Å². The van der Waals surface area contributed by atoms with Crippen molar-refractivity contribution in [2.45, 2.75) is 19.2 Å². The number of halogens is 1. The van der Waals surface area contributed by atoms with E-state index in [1.54, 1.807) is 13.8 Å². The number of hydrogen-bond donors (Lipinski definition) is 1. The molecule has 1 heterocycles. The van der Waals surface area contributed by atoms with Crippen molar-refractivity contribution in [1.29, 1.82) is 0 Å². The van der Waals surface area contributed by atoms with Gasteiger partial charge in [0.15, 0.2) is 0 Å². The molecule has 2 atom stereocenters. The molecule has 14 heavy (non-hydrogen) atoms. The Hall–Kier alpha value is 0.0800. The van der Waals surface area contributed by atoms with Crippen LogP contribution in [0.4, 0.5) is 0 Å². The van der Waals surface area contributed by atoms with Gasteiger partial charge in [-0.25, -0.2) is 8.42 Å². The highest BCUT2D eigenvalue weighted by Crippen LogP contribution is 2.18. The number of hydroxylamine groups is 1. The molecule has 1 aliphatic rings. The van der Waals surface area contributed by atoms with Crippen LogP contribution in [0.5, 0.6) is 0 Å². The van der Waals surface area contributed by atoms with Gasteiger partial charge in [0.25, 0.3) is 10.0 Å². The molecular weight excluding hydrogens is 230 g/mol. The lowest BCUT2D eigenvalue weighted by atomic mass is 10.2. The van der Waals surface area contributed by atoms with Crippen molar-refractivity contribution in [3.05, 3.63) is 5.21 Å². The van der Waals surface area contributed by atoms with E-state index in [0.717, 1.165) is 9.53 Å². The highest BCUT2D eigenvalue weighted by atomic mass is 35.5. The molecular formula is C6H14ClN3O3S. The topological polar surface area (TPSA) is 68.1 Å². The van der Waals surface area contributed by atoms with Crippen molar-refractivity contribution < 1.29 is 13.6 Å². The molecule has 84 valence electrons. The third-order valence-electron chi connectivity index (χ3n) is 2.22. The number of quaternary nitrogens is 1. The van der Waals surface area contributed by atoms with E-state index in [9.17, 15) is 13.6 Å². The molecule has 0 radical (unpaired) electrons. The van der Waals surface area contributed by atoms with E-state index in [1.807, 2.05) is 0 Å². The predicted molar refractivity (Wildman–Crippen MR) is 52.2 cm³/mol. The molecule has 1 N–H and O–H groups in total. The molecule has 1 saturated heterocycles. The summed E-state index contributed by atoms with van der Waals surface area (Å²) in [5.74, 6) is -0.247. The quantitative estimate of drug-likeness (QED) is 0.382. The fraction of sp³-hybridized carbons (Fsp3) is 1.00. The van der Waals surface area contributed by atoms with Crippen molar-refractivity contribution in [2.24, 2.45) is 5.92 Å². The van der Waals surface area contributed by atoms with Crippen LogP contribution in [0.3, 0.4) is 0 Å². The second-order valence-electron chi connectivity index (χ2n) is 3.51. The number of alkyl halides is 1. The van der Waals surface area contributed by atoms with Gasteiger partial charge in [-0.05, 0) is 0 Å². The zero-order valence-electron chi connectivity index (χ0n) is 8.27. The maximum atomic E-state index is 11.8. The van der Waals surface area contributed by atoms with E-state index in [2.05, 4.69) is 0 Å². The number of rotatable bonds is 2. The molecule has 0 amide bonds. The lowest BCUT2D eigenvalue weighted by Gasteiger charge is -2.27.